The molecule has 0 unspecified atom stereocenters. The Bertz CT molecular complexity index is 471. The summed E-state index contributed by atoms with van der Waals surface area (Å²) in [5.74, 6) is 0. The van der Waals surface area contributed by atoms with Crippen LogP contribution in [0.25, 0.3) is 10.9 Å². The number of hydrogen-bond acceptors (Lipinski definition) is 1. The molecule has 1 aromatic carbocycles. The second-order valence-electron chi connectivity index (χ2n) is 2.40. The molecule has 1 heterocycles. The van der Waals surface area contributed by atoms with Crippen molar-refractivity contribution in [1.29, 1.82) is 0 Å². The summed E-state index contributed by atoms with van der Waals surface area (Å²) in [6.45, 7) is -1.17. The van der Waals surface area contributed by atoms with Crippen molar-refractivity contribution in [3.63, 3.8) is 0 Å². The monoisotopic (exact) mass is 162 g/mol. The van der Waals surface area contributed by atoms with E-state index < -0.39 is 6.65 Å². The van der Waals surface area contributed by atoms with Gasteiger partial charge >= 0.3 is 0 Å². The smallest absolute Gasteiger partial charge is 0.179 e. The Kier molecular flexibility index (Phi) is 1.27. The predicted molar refractivity (Wildman–Crippen MR) is 46.3 cm³/mol. The van der Waals surface area contributed by atoms with E-state index in [0.717, 1.165) is 5.39 Å². The third-order valence-corrected chi connectivity index (χ3v) is 1.62. The minimum absolute atomic E-state index is 0.0591. The van der Waals surface area contributed by atoms with Gasteiger partial charge in [0.25, 0.3) is 0 Å². The molecule has 0 bridgehead atoms. The highest BCUT2D eigenvalue weighted by atomic mass is 19.1. The van der Waals surface area contributed by atoms with E-state index in [2.05, 4.69) is 4.98 Å². The lowest BCUT2D eigenvalue weighted by atomic mass is 10.2. The van der Waals surface area contributed by atoms with E-state index in [9.17, 15) is 4.39 Å². The zero-order valence-corrected chi connectivity index (χ0v) is 6.21. The topological polar surface area (TPSA) is 12.9 Å². The van der Waals surface area contributed by atoms with Crippen LogP contribution in [0, 0.1) is 6.65 Å². The minimum Gasteiger partial charge on any atom is -0.250 e. The van der Waals surface area contributed by atoms with Crippen molar-refractivity contribution in [3.8, 4) is 0 Å². The maximum Gasteiger partial charge on any atom is 0.179 e. The third-order valence-electron chi connectivity index (χ3n) is 1.62. The number of pyridine rings is 1. The van der Waals surface area contributed by atoms with E-state index in [4.69, 9.17) is 2.74 Å². The van der Waals surface area contributed by atoms with Gasteiger partial charge in [-0.1, -0.05) is 24.3 Å². The molecular weight excluding hydrogens is 153 g/mol. The number of nitrogens with zero attached hydrogens (tertiary/aromatic N) is 1. The maximum absolute atomic E-state index is 12.6. The zero-order valence-electron chi connectivity index (χ0n) is 8.21. The van der Waals surface area contributed by atoms with Gasteiger partial charge in [0.15, 0.2) is 6.65 Å². The van der Waals surface area contributed by atoms with Gasteiger partial charge in [0.05, 0.1) is 14.0 Å². The van der Waals surface area contributed by atoms with Crippen LogP contribution in [0.3, 0.4) is 0 Å². The summed E-state index contributed by atoms with van der Waals surface area (Å²) in [6, 6.07) is 8.57. The summed E-state index contributed by atoms with van der Waals surface area (Å²) >= 11 is 0. The molecule has 0 aliphatic heterocycles. The SMILES string of the molecule is [2H][C](F)c1nc2ccccc2cc1[2H]. The Morgan fingerprint density at radius 3 is 3.08 bits per heavy atom. The van der Waals surface area contributed by atoms with Crippen molar-refractivity contribution < 1.29 is 7.13 Å². The fourth-order valence-corrected chi connectivity index (χ4v) is 1.06. The molecular formula is C10H7FN. The molecule has 1 aromatic heterocycles. The average molecular weight is 162 g/mol. The van der Waals surface area contributed by atoms with E-state index in [0.29, 0.717) is 5.52 Å². The standard InChI is InChI=1S/C10H7FN/c11-7-9-6-5-8-3-1-2-4-10(8)12-9/h1-7H/i6D,7D. The third kappa shape index (κ3) is 1.16. The van der Waals surface area contributed by atoms with Crippen LogP contribution in [0.1, 0.15) is 8.44 Å². The molecule has 0 fully saturated rings. The van der Waals surface area contributed by atoms with E-state index in [1.54, 1.807) is 18.2 Å². The van der Waals surface area contributed by atoms with Gasteiger partial charge in [0, 0.05) is 5.39 Å². The zero-order chi connectivity index (χ0) is 10.1. The first-order valence-electron chi connectivity index (χ1n) is 4.54. The van der Waals surface area contributed by atoms with Gasteiger partial charge in [-0.15, -0.1) is 0 Å². The molecule has 0 amide bonds. The van der Waals surface area contributed by atoms with E-state index in [-0.39, 0.29) is 11.7 Å². The van der Waals surface area contributed by atoms with Gasteiger partial charge in [-0.25, -0.2) is 9.37 Å². The van der Waals surface area contributed by atoms with Gasteiger partial charge in [0.2, 0.25) is 0 Å². The molecule has 1 radical (unpaired) electrons. The Balaban J connectivity index is 2.71. The molecule has 1 nitrogen and oxygen atoms in total. The molecule has 0 aliphatic rings. The van der Waals surface area contributed by atoms with Crippen molar-refractivity contribution in [2.24, 2.45) is 0 Å². The number of benzene rings is 1. The largest absolute Gasteiger partial charge is 0.250 e. The molecule has 2 aromatic rings. The molecule has 2 rings (SSSR count). The van der Waals surface area contributed by atoms with Crippen LogP contribution in [0.15, 0.2) is 36.4 Å². The number of hydrogen-bond donors (Lipinski definition) is 0. The van der Waals surface area contributed by atoms with Crippen LogP contribution in [0.4, 0.5) is 4.39 Å². The Morgan fingerprint density at radius 1 is 1.42 bits per heavy atom. The first kappa shape index (κ1) is 5.25. The van der Waals surface area contributed by atoms with E-state index >= 15 is 0 Å². The van der Waals surface area contributed by atoms with Crippen LogP contribution >= 0.6 is 0 Å². The Hall–Kier alpha value is -1.44. The van der Waals surface area contributed by atoms with Crippen molar-refractivity contribution in [1.82, 2.24) is 4.98 Å². The van der Waals surface area contributed by atoms with Crippen LogP contribution in [0.5, 0.6) is 0 Å². The van der Waals surface area contributed by atoms with Crippen LogP contribution < -0.4 is 0 Å². The fraction of sp³-hybridized carbons (Fsp3) is 0. The van der Waals surface area contributed by atoms with Gasteiger partial charge in [-0.05, 0) is 12.1 Å². The van der Waals surface area contributed by atoms with Gasteiger partial charge in [-0.3, -0.25) is 0 Å². The molecule has 0 aliphatic carbocycles. The van der Waals surface area contributed by atoms with Crippen LogP contribution in [-0.4, -0.2) is 4.98 Å². The Labute approximate surface area is 72.7 Å². The summed E-state index contributed by atoms with van der Waals surface area (Å²) in [5.41, 5.74) is 0.393. The van der Waals surface area contributed by atoms with E-state index in [1.165, 1.54) is 6.07 Å². The second kappa shape index (κ2) is 2.89. The molecule has 0 saturated carbocycles. The molecule has 59 valence electrons. The molecule has 0 N–H and O–H groups in total. The number of aromatic nitrogens is 1. The first-order valence-corrected chi connectivity index (χ1v) is 3.54. The fourth-order valence-electron chi connectivity index (χ4n) is 1.06. The van der Waals surface area contributed by atoms with Crippen molar-refractivity contribution >= 4 is 10.9 Å². The molecule has 0 spiro atoms. The normalized spacial score (nSPS) is 13.2. The van der Waals surface area contributed by atoms with Crippen molar-refractivity contribution in [3.05, 3.63) is 48.7 Å². The van der Waals surface area contributed by atoms with E-state index in [1.807, 2.05) is 6.07 Å². The lowest BCUT2D eigenvalue weighted by Crippen LogP contribution is -1.83. The summed E-state index contributed by atoms with van der Waals surface area (Å²) in [4.78, 5) is 3.89. The highest BCUT2D eigenvalue weighted by molar-refractivity contribution is 5.78. The van der Waals surface area contributed by atoms with Gasteiger partial charge < -0.3 is 0 Å². The number of fused-ring (bicyclic) bond motifs is 1. The molecule has 12 heavy (non-hydrogen) atoms. The quantitative estimate of drug-likeness (QED) is 0.628. The Morgan fingerprint density at radius 2 is 2.25 bits per heavy atom. The number of para-hydroxylation sites is 1. The van der Waals surface area contributed by atoms with Crippen LogP contribution in [-0.2, 0) is 0 Å². The summed E-state index contributed by atoms with van der Waals surface area (Å²) in [7, 11) is 0. The van der Waals surface area contributed by atoms with Gasteiger partial charge in [-0.2, -0.15) is 0 Å². The molecule has 2 heteroatoms. The lowest BCUT2D eigenvalue weighted by Gasteiger charge is -1.97. The first-order chi connectivity index (χ1) is 6.68. The predicted octanol–water partition coefficient (Wildman–Crippen LogP) is 2.71. The highest BCUT2D eigenvalue weighted by Gasteiger charge is 1.95. The number of rotatable bonds is 1. The van der Waals surface area contributed by atoms with Crippen LogP contribution in [0.2, 0.25) is 0 Å². The molecule has 0 atom stereocenters. The van der Waals surface area contributed by atoms with Crippen molar-refractivity contribution in [2.75, 3.05) is 0 Å². The summed E-state index contributed by atoms with van der Waals surface area (Å²) in [5, 5.41) is 0.780. The van der Waals surface area contributed by atoms with Crippen molar-refractivity contribution in [2.45, 2.75) is 0 Å². The molecule has 0 saturated heterocycles. The summed E-state index contributed by atoms with van der Waals surface area (Å²) in [6.07, 6.45) is 0. The maximum atomic E-state index is 12.6. The number of halogens is 1. The lowest BCUT2D eigenvalue weighted by molar-refractivity contribution is 0.638. The second-order valence-corrected chi connectivity index (χ2v) is 2.40. The average Bonchev–Trinajstić information content (AvgIpc) is 2.16. The highest BCUT2D eigenvalue weighted by Crippen LogP contribution is 2.12. The summed E-state index contributed by atoms with van der Waals surface area (Å²) < 4.78 is 26.9. The minimum atomic E-state index is -1.17. The van der Waals surface area contributed by atoms with Gasteiger partial charge in [0.1, 0.15) is 0 Å².